The molecule has 5 heteroatoms. The van der Waals surface area contributed by atoms with Crippen LogP contribution in [0.1, 0.15) is 40.0 Å². The molecule has 1 N–H and O–H groups in total. The van der Waals surface area contributed by atoms with E-state index in [0.717, 1.165) is 21.0 Å². The number of hydrogen-bond donors (Lipinski definition) is 1. The molecule has 2 atom stereocenters. The van der Waals surface area contributed by atoms with E-state index in [2.05, 4.69) is 23.5 Å². The third-order valence-electron chi connectivity index (χ3n) is 5.73. The molecule has 26 heavy (non-hydrogen) atoms. The highest BCUT2D eigenvalue weighted by atomic mass is 32.1. The van der Waals surface area contributed by atoms with Crippen LogP contribution in [-0.2, 0) is 15.0 Å². The number of amides is 1. The molecule has 1 aromatic carbocycles. The third kappa shape index (κ3) is 2.10. The first-order valence-electron chi connectivity index (χ1n) is 8.70. The van der Waals surface area contributed by atoms with Gasteiger partial charge in [-0.3, -0.25) is 9.59 Å². The number of carbonyl (C=O) groups excluding carboxylic acids is 2. The lowest BCUT2D eigenvalue weighted by Gasteiger charge is -2.44. The molecule has 1 aliphatic carbocycles. The molecule has 130 valence electrons. The molecule has 0 unspecified atom stereocenters. The summed E-state index contributed by atoms with van der Waals surface area (Å²) in [4.78, 5) is 28.5. The summed E-state index contributed by atoms with van der Waals surface area (Å²) in [6.07, 6.45) is 0.842. The second kappa shape index (κ2) is 5.89. The Balaban J connectivity index is 1.80. The molecule has 2 aliphatic rings. The van der Waals surface area contributed by atoms with Crippen molar-refractivity contribution in [3.05, 3.63) is 74.6 Å². The predicted molar refractivity (Wildman–Crippen MR) is 105 cm³/mol. The summed E-state index contributed by atoms with van der Waals surface area (Å²) in [5, 5.41) is 7.17. The van der Waals surface area contributed by atoms with E-state index < -0.39 is 5.41 Å². The molecule has 0 bridgehead atoms. The summed E-state index contributed by atoms with van der Waals surface area (Å²) < 4.78 is 0. The largest absolute Gasteiger partial charge is 0.325 e. The van der Waals surface area contributed by atoms with Gasteiger partial charge in [0.25, 0.3) is 0 Å². The summed E-state index contributed by atoms with van der Waals surface area (Å²) in [5.74, 6) is 0.0200. The van der Waals surface area contributed by atoms with Gasteiger partial charge in [0.05, 0.1) is 5.41 Å². The van der Waals surface area contributed by atoms with E-state index in [0.29, 0.717) is 12.8 Å². The molecule has 3 nitrogen and oxygen atoms in total. The summed E-state index contributed by atoms with van der Waals surface area (Å²) in [6, 6.07) is 16.1. The Hall–Kier alpha value is -2.24. The number of Topliss-reactive ketones (excluding diaryl/α,β-unsaturated/α-hetero) is 1. The van der Waals surface area contributed by atoms with Crippen molar-refractivity contribution in [3.63, 3.8) is 0 Å². The first kappa shape index (κ1) is 16.0. The Labute approximate surface area is 159 Å². The van der Waals surface area contributed by atoms with Gasteiger partial charge in [0.15, 0.2) is 0 Å². The van der Waals surface area contributed by atoms with Gasteiger partial charge in [0.1, 0.15) is 5.78 Å². The van der Waals surface area contributed by atoms with Gasteiger partial charge in [-0.2, -0.15) is 0 Å². The highest BCUT2D eigenvalue weighted by molar-refractivity contribution is 7.10. The van der Waals surface area contributed by atoms with E-state index in [4.69, 9.17) is 0 Å². The maximum absolute atomic E-state index is 13.5. The van der Waals surface area contributed by atoms with E-state index in [-0.39, 0.29) is 23.5 Å². The Bertz CT molecular complexity index is 929. The molecule has 0 saturated heterocycles. The van der Waals surface area contributed by atoms with Crippen LogP contribution in [-0.4, -0.2) is 11.7 Å². The number of hydrogen-bond acceptors (Lipinski definition) is 4. The van der Waals surface area contributed by atoms with Gasteiger partial charge in [-0.05, 0) is 34.5 Å². The Kier molecular flexibility index (Phi) is 3.62. The second-order valence-corrected chi connectivity index (χ2v) is 8.91. The lowest BCUT2D eigenvalue weighted by molar-refractivity contribution is -0.128. The topological polar surface area (TPSA) is 46.2 Å². The Morgan fingerprint density at radius 1 is 0.846 bits per heavy atom. The molecule has 2 aromatic heterocycles. The highest BCUT2D eigenvalue weighted by Crippen LogP contribution is 2.60. The van der Waals surface area contributed by atoms with Crippen LogP contribution in [0.25, 0.3) is 0 Å². The van der Waals surface area contributed by atoms with Crippen LogP contribution >= 0.6 is 22.7 Å². The molecule has 1 fully saturated rings. The van der Waals surface area contributed by atoms with E-state index in [1.54, 1.807) is 22.7 Å². The van der Waals surface area contributed by atoms with Gasteiger partial charge in [-0.1, -0.05) is 30.3 Å². The molecule has 3 heterocycles. The molecule has 1 saturated carbocycles. The molecule has 1 aliphatic heterocycles. The average Bonchev–Trinajstić information content (AvgIpc) is 3.39. The van der Waals surface area contributed by atoms with Crippen molar-refractivity contribution in [2.45, 2.75) is 30.1 Å². The number of anilines is 1. The van der Waals surface area contributed by atoms with Gasteiger partial charge >= 0.3 is 0 Å². The van der Waals surface area contributed by atoms with Crippen molar-refractivity contribution in [1.29, 1.82) is 0 Å². The molecular formula is C21H17NO2S2. The van der Waals surface area contributed by atoms with Gasteiger partial charge < -0.3 is 5.32 Å². The van der Waals surface area contributed by atoms with Crippen molar-refractivity contribution in [2.24, 2.45) is 0 Å². The van der Waals surface area contributed by atoms with E-state index in [1.165, 1.54) is 0 Å². The van der Waals surface area contributed by atoms with Gasteiger partial charge in [-0.25, -0.2) is 0 Å². The fourth-order valence-electron chi connectivity index (χ4n) is 4.73. The van der Waals surface area contributed by atoms with Crippen molar-refractivity contribution in [2.75, 3.05) is 5.32 Å². The summed E-state index contributed by atoms with van der Waals surface area (Å²) in [5.41, 5.74) is 1.20. The van der Waals surface area contributed by atoms with Gasteiger partial charge in [0, 0.05) is 40.1 Å². The zero-order chi connectivity index (χ0) is 17.7. The molecule has 0 radical (unpaired) electrons. The lowest BCUT2D eigenvalue weighted by atomic mass is 9.56. The van der Waals surface area contributed by atoms with Crippen LogP contribution in [0, 0.1) is 0 Å². The minimum Gasteiger partial charge on any atom is -0.325 e. The highest BCUT2D eigenvalue weighted by Gasteiger charge is 2.61. The fraction of sp³-hybridized carbons (Fsp3) is 0.238. The van der Waals surface area contributed by atoms with Crippen molar-refractivity contribution < 1.29 is 9.59 Å². The van der Waals surface area contributed by atoms with Gasteiger partial charge in [-0.15, -0.1) is 22.7 Å². The number of ketones is 1. The second-order valence-electron chi connectivity index (χ2n) is 6.95. The fourth-order valence-corrected chi connectivity index (χ4v) is 6.54. The standard InChI is InChI=1S/C21H17NO2S2/c23-13-11-15(18-7-3-9-25-18)21(16(12-13)19-8-4-10-26-19)14-5-1-2-6-17(14)22-20(21)24/h1-10,15-16H,11-12H2,(H,22,24)/t15-,16-/m0/s1. The molecule has 3 aromatic rings. The number of thiophene rings is 2. The van der Waals surface area contributed by atoms with Crippen LogP contribution in [0.3, 0.4) is 0 Å². The zero-order valence-corrected chi connectivity index (χ0v) is 15.6. The number of benzene rings is 1. The zero-order valence-electron chi connectivity index (χ0n) is 14.0. The predicted octanol–water partition coefficient (Wildman–Crippen LogP) is 4.93. The normalized spacial score (nSPS) is 23.8. The summed E-state index contributed by atoms with van der Waals surface area (Å²) in [7, 11) is 0. The molecule has 5 rings (SSSR count). The summed E-state index contributed by atoms with van der Waals surface area (Å²) >= 11 is 3.28. The first-order chi connectivity index (χ1) is 12.7. The van der Waals surface area contributed by atoms with Gasteiger partial charge in [0.2, 0.25) is 5.91 Å². The number of nitrogens with one attached hydrogen (secondary N) is 1. The smallest absolute Gasteiger partial charge is 0.236 e. The van der Waals surface area contributed by atoms with Crippen molar-refractivity contribution >= 4 is 40.1 Å². The van der Waals surface area contributed by atoms with Crippen LogP contribution < -0.4 is 5.32 Å². The van der Waals surface area contributed by atoms with Crippen LogP contribution in [0.5, 0.6) is 0 Å². The minimum atomic E-state index is -0.722. The third-order valence-corrected chi connectivity index (χ3v) is 7.70. The number of rotatable bonds is 2. The Morgan fingerprint density at radius 3 is 2.04 bits per heavy atom. The molecular weight excluding hydrogens is 362 g/mol. The SMILES string of the molecule is O=C1C[C@@H](c2cccs2)C2(C(=O)Nc3ccccc32)[C@H](c2cccs2)C1. The van der Waals surface area contributed by atoms with Crippen LogP contribution in [0.15, 0.2) is 59.3 Å². The quantitative estimate of drug-likeness (QED) is 0.686. The Morgan fingerprint density at radius 2 is 1.46 bits per heavy atom. The van der Waals surface area contributed by atoms with Crippen molar-refractivity contribution in [3.8, 4) is 0 Å². The molecule has 1 spiro atoms. The lowest BCUT2D eigenvalue weighted by Crippen LogP contribution is -2.49. The van der Waals surface area contributed by atoms with Crippen LogP contribution in [0.4, 0.5) is 5.69 Å². The first-order valence-corrected chi connectivity index (χ1v) is 10.5. The minimum absolute atomic E-state index is 0.0306. The van der Waals surface area contributed by atoms with Crippen LogP contribution in [0.2, 0.25) is 0 Å². The number of para-hydroxylation sites is 1. The summed E-state index contributed by atoms with van der Waals surface area (Å²) in [6.45, 7) is 0. The number of carbonyl (C=O) groups is 2. The average molecular weight is 380 g/mol. The number of fused-ring (bicyclic) bond motifs is 2. The van der Waals surface area contributed by atoms with Crippen molar-refractivity contribution in [1.82, 2.24) is 0 Å². The van der Waals surface area contributed by atoms with E-state index >= 15 is 0 Å². The monoisotopic (exact) mass is 379 g/mol. The maximum atomic E-state index is 13.5. The van der Waals surface area contributed by atoms with E-state index in [9.17, 15) is 9.59 Å². The maximum Gasteiger partial charge on any atom is 0.236 e. The van der Waals surface area contributed by atoms with E-state index in [1.807, 2.05) is 41.1 Å². The molecule has 1 amide bonds.